The summed E-state index contributed by atoms with van der Waals surface area (Å²) in [5, 5.41) is 11.3. The number of carbonyl (C=O) groups excluding carboxylic acids is 1. The number of benzene rings is 3. The topological polar surface area (TPSA) is 123 Å². The van der Waals surface area contributed by atoms with Crippen LogP contribution in [0.1, 0.15) is 11.1 Å². The maximum atomic E-state index is 13.5. The van der Waals surface area contributed by atoms with Crippen molar-refractivity contribution in [2.45, 2.75) is 6.10 Å². The van der Waals surface area contributed by atoms with Crippen molar-refractivity contribution < 1.29 is 42.7 Å². The molecule has 0 radical (unpaired) electrons. The van der Waals surface area contributed by atoms with Gasteiger partial charge in [-0.05, 0) is 48.5 Å². The predicted octanol–water partition coefficient (Wildman–Crippen LogP) is 5.37. The number of aliphatic hydroxyl groups excluding tert-OH is 1. The molecule has 6 rings (SSSR count). The zero-order valence-corrected chi connectivity index (χ0v) is 25.2. The number of hydrogen-bond donors (Lipinski definition) is 1. The van der Waals surface area contributed by atoms with E-state index in [-0.39, 0.29) is 39.5 Å². The summed E-state index contributed by atoms with van der Waals surface area (Å²) < 4.78 is 40.1. The first-order valence-corrected chi connectivity index (χ1v) is 13.9. The van der Waals surface area contributed by atoms with Gasteiger partial charge >= 0.3 is 0 Å². The van der Waals surface area contributed by atoms with Crippen LogP contribution in [-0.4, -0.2) is 52.5 Å². The Bertz CT molecular complexity index is 1960. The lowest BCUT2D eigenvalue weighted by Gasteiger charge is -2.33. The third kappa shape index (κ3) is 5.19. The largest absolute Gasteiger partial charge is 0.497 e. The molecule has 1 aromatic heterocycles. The first-order chi connectivity index (χ1) is 21.8. The molecule has 45 heavy (non-hydrogen) atoms. The normalized spacial score (nSPS) is 17.6. The highest BCUT2D eigenvalue weighted by Crippen LogP contribution is 2.46. The molecule has 4 aromatic rings. The zero-order valence-electron chi connectivity index (χ0n) is 25.2. The number of ketones is 1. The summed E-state index contributed by atoms with van der Waals surface area (Å²) in [6.45, 7) is 0. The summed E-state index contributed by atoms with van der Waals surface area (Å²) in [6, 6.07) is 16.9. The standard InChI is InChI=1S/C35H30O10/c1-39-20-9-6-18(7-10-20)27-15-23(36)33-24(37)17-30(43-5)32(35(33)45-27)22-12-19(8-11-26(22)41-3)28-16-25(38)34-29(42-4)13-21(40-2)14-31(34)44-28/h6-17,24,33,37H,1-5H3/t24-,33?/m0/s1. The molecule has 2 atom stereocenters. The molecule has 3 aromatic carbocycles. The fourth-order valence-electron chi connectivity index (χ4n) is 5.58. The van der Waals surface area contributed by atoms with Crippen molar-refractivity contribution in [1.29, 1.82) is 0 Å². The van der Waals surface area contributed by atoms with Crippen molar-refractivity contribution >= 4 is 28.1 Å². The van der Waals surface area contributed by atoms with Gasteiger partial charge in [-0.2, -0.15) is 0 Å². The van der Waals surface area contributed by atoms with Gasteiger partial charge in [-0.1, -0.05) is 0 Å². The van der Waals surface area contributed by atoms with E-state index in [0.717, 1.165) is 0 Å². The van der Waals surface area contributed by atoms with Crippen LogP contribution in [0.4, 0.5) is 0 Å². The Labute approximate surface area is 258 Å². The van der Waals surface area contributed by atoms with Crippen LogP contribution in [0, 0.1) is 5.92 Å². The van der Waals surface area contributed by atoms with Crippen molar-refractivity contribution in [3.8, 4) is 34.3 Å². The van der Waals surface area contributed by atoms with E-state index in [1.54, 1.807) is 61.7 Å². The lowest BCUT2D eigenvalue weighted by molar-refractivity contribution is -0.121. The molecule has 2 heterocycles. The number of ether oxygens (including phenoxy) is 6. The molecule has 1 aliphatic heterocycles. The van der Waals surface area contributed by atoms with Crippen LogP contribution < -0.4 is 24.4 Å². The SMILES string of the molecule is COC1=C[C@H](O)C2C(=O)C=C(c3ccc(OC)cc3)OC2=C1c1cc(-c2cc(=O)c3c(OC)cc(OC)cc3o2)ccc1OC. The minimum absolute atomic E-state index is 0.199. The van der Waals surface area contributed by atoms with Gasteiger partial charge in [0.15, 0.2) is 11.2 Å². The van der Waals surface area contributed by atoms with Crippen LogP contribution >= 0.6 is 0 Å². The number of hydrogen-bond acceptors (Lipinski definition) is 10. The van der Waals surface area contributed by atoms with E-state index in [4.69, 9.17) is 32.8 Å². The second-order valence-electron chi connectivity index (χ2n) is 10.3. The number of methoxy groups -OCH3 is 5. The van der Waals surface area contributed by atoms with Crippen LogP contribution in [0.15, 0.2) is 93.5 Å². The molecule has 1 N–H and O–H groups in total. The Morgan fingerprint density at radius 2 is 1.44 bits per heavy atom. The molecule has 0 fully saturated rings. The lowest BCUT2D eigenvalue weighted by atomic mass is 9.82. The Kier molecular flexibility index (Phi) is 7.82. The van der Waals surface area contributed by atoms with E-state index in [9.17, 15) is 14.7 Å². The Morgan fingerprint density at radius 3 is 2.11 bits per heavy atom. The van der Waals surface area contributed by atoms with Gasteiger partial charge in [0.1, 0.15) is 62.9 Å². The maximum Gasteiger partial charge on any atom is 0.197 e. The van der Waals surface area contributed by atoms with Gasteiger partial charge in [0.05, 0.1) is 47.2 Å². The van der Waals surface area contributed by atoms with E-state index in [0.29, 0.717) is 51.0 Å². The number of rotatable bonds is 8. The molecule has 1 aliphatic carbocycles. The number of aliphatic hydroxyl groups is 1. The number of allylic oxidation sites excluding steroid dienone is 2. The van der Waals surface area contributed by atoms with Gasteiger partial charge in [-0.15, -0.1) is 0 Å². The summed E-state index contributed by atoms with van der Waals surface area (Å²) in [5.41, 5.74) is 2.05. The average Bonchev–Trinajstić information content (AvgIpc) is 3.06. The van der Waals surface area contributed by atoms with Crippen LogP contribution in [0.3, 0.4) is 0 Å². The van der Waals surface area contributed by atoms with Gasteiger partial charge < -0.3 is 37.9 Å². The highest BCUT2D eigenvalue weighted by molar-refractivity contribution is 6.04. The first kappa shape index (κ1) is 29.6. The molecule has 0 bridgehead atoms. The van der Waals surface area contributed by atoms with Crippen LogP contribution in [0.2, 0.25) is 0 Å². The molecule has 0 saturated carbocycles. The summed E-state index contributed by atoms with van der Waals surface area (Å²) in [4.78, 5) is 26.8. The van der Waals surface area contributed by atoms with Crippen LogP contribution in [-0.2, 0) is 14.3 Å². The quantitative estimate of drug-likeness (QED) is 0.279. The second kappa shape index (κ2) is 11.9. The van der Waals surface area contributed by atoms with Crippen molar-refractivity contribution in [3.63, 3.8) is 0 Å². The van der Waals surface area contributed by atoms with E-state index in [1.165, 1.54) is 46.7 Å². The van der Waals surface area contributed by atoms with Crippen LogP contribution in [0.25, 0.3) is 33.6 Å². The molecular weight excluding hydrogens is 580 g/mol. The highest BCUT2D eigenvalue weighted by Gasteiger charge is 2.42. The summed E-state index contributed by atoms with van der Waals surface area (Å²) in [6.07, 6.45) is 1.65. The van der Waals surface area contributed by atoms with Gasteiger partial charge in [-0.3, -0.25) is 9.59 Å². The van der Waals surface area contributed by atoms with E-state index < -0.39 is 12.0 Å². The Balaban J connectivity index is 1.54. The Hall–Kier alpha value is -5.48. The fraction of sp³-hybridized carbons (Fsp3) is 0.200. The summed E-state index contributed by atoms with van der Waals surface area (Å²) >= 11 is 0. The molecule has 2 aliphatic rings. The van der Waals surface area contributed by atoms with Gasteiger partial charge in [0.2, 0.25) is 0 Å². The molecule has 0 saturated heterocycles. The predicted molar refractivity (Wildman–Crippen MR) is 166 cm³/mol. The van der Waals surface area contributed by atoms with E-state index >= 15 is 0 Å². The summed E-state index contributed by atoms with van der Waals surface area (Å²) in [5.74, 6) is 1.56. The zero-order chi connectivity index (χ0) is 31.8. The van der Waals surface area contributed by atoms with Gasteiger partial charge in [-0.25, -0.2) is 0 Å². The monoisotopic (exact) mass is 610 g/mol. The Morgan fingerprint density at radius 1 is 0.733 bits per heavy atom. The molecule has 0 amide bonds. The molecule has 10 heteroatoms. The highest BCUT2D eigenvalue weighted by atomic mass is 16.5. The van der Waals surface area contributed by atoms with Crippen molar-refractivity contribution in [2.24, 2.45) is 5.92 Å². The molecular formula is C35H30O10. The molecule has 0 spiro atoms. The molecule has 1 unspecified atom stereocenters. The van der Waals surface area contributed by atoms with Crippen LogP contribution in [0.5, 0.6) is 23.0 Å². The fourth-order valence-corrected chi connectivity index (χ4v) is 5.58. The average molecular weight is 611 g/mol. The van der Waals surface area contributed by atoms with Crippen molar-refractivity contribution in [1.82, 2.24) is 0 Å². The maximum absolute atomic E-state index is 13.5. The third-order valence-corrected chi connectivity index (χ3v) is 7.81. The minimum atomic E-state index is -1.20. The molecule has 230 valence electrons. The molecule has 10 nitrogen and oxygen atoms in total. The smallest absolute Gasteiger partial charge is 0.197 e. The third-order valence-electron chi connectivity index (χ3n) is 7.81. The first-order valence-electron chi connectivity index (χ1n) is 13.9. The van der Waals surface area contributed by atoms with E-state index in [2.05, 4.69) is 0 Å². The van der Waals surface area contributed by atoms with Gasteiger partial charge in [0, 0.05) is 41.0 Å². The van der Waals surface area contributed by atoms with Crippen molar-refractivity contribution in [2.75, 3.05) is 35.5 Å². The lowest BCUT2D eigenvalue weighted by Crippen LogP contribution is -2.35. The summed E-state index contributed by atoms with van der Waals surface area (Å²) in [7, 11) is 7.52. The second-order valence-corrected chi connectivity index (χ2v) is 10.3. The van der Waals surface area contributed by atoms with Gasteiger partial charge in [0.25, 0.3) is 0 Å². The van der Waals surface area contributed by atoms with E-state index in [1.807, 2.05) is 0 Å². The minimum Gasteiger partial charge on any atom is -0.497 e. The number of carbonyl (C=O) groups is 1. The van der Waals surface area contributed by atoms with Crippen molar-refractivity contribution in [3.05, 3.63) is 106 Å². The number of fused-ring (bicyclic) bond motifs is 2.